The van der Waals surface area contributed by atoms with Crippen LogP contribution in [0.15, 0.2) is 6.07 Å². The highest BCUT2D eigenvalue weighted by molar-refractivity contribution is 5.83. The van der Waals surface area contributed by atoms with Gasteiger partial charge in [-0.3, -0.25) is 4.79 Å². The number of aromatic nitrogens is 1. The third-order valence-electron chi connectivity index (χ3n) is 2.46. The van der Waals surface area contributed by atoms with Crippen molar-refractivity contribution in [3.05, 3.63) is 23.6 Å². The number of likely N-dealkylation sites (N-methyl/N-ethyl adjacent to an activating group) is 1. The van der Waals surface area contributed by atoms with E-state index in [4.69, 9.17) is 0 Å². The van der Waals surface area contributed by atoms with E-state index in [1.54, 1.807) is 14.0 Å². The second-order valence-corrected chi connectivity index (χ2v) is 3.81. The van der Waals surface area contributed by atoms with Crippen LogP contribution in [-0.2, 0) is 4.79 Å². The Bertz CT molecular complexity index is 453. The third kappa shape index (κ3) is 3.12. The Morgan fingerprint density at radius 2 is 2.06 bits per heavy atom. The molecule has 1 atom stereocenters. The first-order valence-corrected chi connectivity index (χ1v) is 5.39. The Labute approximate surface area is 103 Å². The standard InChI is InChI=1S/C11H14F3N3O/c1-4-17(3)11(18)6(2)15-10-8(13)5-7(12)9(14)16-10/h5-6H,4H2,1-3H3,(H,15,16). The van der Waals surface area contributed by atoms with E-state index < -0.39 is 29.4 Å². The van der Waals surface area contributed by atoms with Crippen molar-refractivity contribution in [2.24, 2.45) is 0 Å². The minimum atomic E-state index is -1.41. The molecule has 0 aliphatic carbocycles. The lowest BCUT2D eigenvalue weighted by atomic mass is 10.3. The summed E-state index contributed by atoms with van der Waals surface area (Å²) in [6.07, 6.45) is 0. The van der Waals surface area contributed by atoms with Crippen LogP contribution in [-0.4, -0.2) is 35.4 Å². The molecule has 0 aliphatic heterocycles. The highest BCUT2D eigenvalue weighted by Crippen LogP contribution is 2.15. The molecular weight excluding hydrogens is 247 g/mol. The number of hydrogen-bond donors (Lipinski definition) is 1. The summed E-state index contributed by atoms with van der Waals surface area (Å²) in [7, 11) is 1.58. The fourth-order valence-electron chi connectivity index (χ4n) is 1.30. The number of carbonyl (C=O) groups excluding carboxylic acids is 1. The molecule has 4 nitrogen and oxygen atoms in total. The molecule has 100 valence electrons. The second kappa shape index (κ2) is 5.70. The van der Waals surface area contributed by atoms with Gasteiger partial charge in [0.25, 0.3) is 5.95 Å². The molecule has 7 heteroatoms. The lowest BCUT2D eigenvalue weighted by Crippen LogP contribution is -2.39. The predicted molar refractivity (Wildman–Crippen MR) is 60.5 cm³/mol. The van der Waals surface area contributed by atoms with Gasteiger partial charge in [-0.15, -0.1) is 0 Å². The molecule has 1 heterocycles. The maximum absolute atomic E-state index is 13.3. The molecule has 0 radical (unpaired) electrons. The van der Waals surface area contributed by atoms with Gasteiger partial charge in [-0.1, -0.05) is 0 Å². The topological polar surface area (TPSA) is 45.2 Å². The van der Waals surface area contributed by atoms with Crippen molar-refractivity contribution in [2.45, 2.75) is 19.9 Å². The highest BCUT2D eigenvalue weighted by atomic mass is 19.2. The smallest absolute Gasteiger partial charge is 0.251 e. The summed E-state index contributed by atoms with van der Waals surface area (Å²) in [5.41, 5.74) is 0. The molecule has 1 N–H and O–H groups in total. The number of rotatable bonds is 4. The maximum Gasteiger partial charge on any atom is 0.251 e. The molecular formula is C11H14F3N3O. The normalized spacial score (nSPS) is 12.1. The van der Waals surface area contributed by atoms with E-state index in [0.717, 1.165) is 0 Å². The molecule has 1 aromatic heterocycles. The summed E-state index contributed by atoms with van der Waals surface area (Å²) in [6.45, 7) is 3.75. The van der Waals surface area contributed by atoms with E-state index in [-0.39, 0.29) is 5.91 Å². The third-order valence-corrected chi connectivity index (χ3v) is 2.46. The van der Waals surface area contributed by atoms with Crippen LogP contribution in [0.3, 0.4) is 0 Å². The average Bonchev–Trinajstić information content (AvgIpc) is 2.33. The largest absolute Gasteiger partial charge is 0.356 e. The first kappa shape index (κ1) is 14.3. The van der Waals surface area contributed by atoms with Gasteiger partial charge in [-0.05, 0) is 13.8 Å². The lowest BCUT2D eigenvalue weighted by Gasteiger charge is -2.21. The molecule has 1 unspecified atom stereocenters. The van der Waals surface area contributed by atoms with Crippen molar-refractivity contribution in [3.63, 3.8) is 0 Å². The minimum Gasteiger partial charge on any atom is -0.356 e. The predicted octanol–water partition coefficient (Wildman–Crippen LogP) is 1.78. The highest BCUT2D eigenvalue weighted by Gasteiger charge is 2.19. The van der Waals surface area contributed by atoms with Crippen LogP contribution in [0.2, 0.25) is 0 Å². The molecule has 1 rings (SSSR count). The van der Waals surface area contributed by atoms with E-state index in [0.29, 0.717) is 12.6 Å². The molecule has 0 fully saturated rings. The summed E-state index contributed by atoms with van der Waals surface area (Å²) in [5, 5.41) is 2.41. The van der Waals surface area contributed by atoms with Gasteiger partial charge in [0.15, 0.2) is 17.5 Å². The van der Waals surface area contributed by atoms with Crippen LogP contribution in [0, 0.1) is 17.6 Å². The quantitative estimate of drug-likeness (QED) is 0.840. The van der Waals surface area contributed by atoms with Crippen LogP contribution < -0.4 is 5.32 Å². The van der Waals surface area contributed by atoms with Gasteiger partial charge in [0, 0.05) is 19.7 Å². The molecule has 0 saturated heterocycles. The monoisotopic (exact) mass is 261 g/mol. The van der Waals surface area contributed by atoms with Gasteiger partial charge in [0.05, 0.1) is 0 Å². The molecule has 0 saturated carbocycles. The van der Waals surface area contributed by atoms with Crippen molar-refractivity contribution in [3.8, 4) is 0 Å². The zero-order valence-corrected chi connectivity index (χ0v) is 10.3. The number of pyridine rings is 1. The summed E-state index contributed by atoms with van der Waals surface area (Å²) >= 11 is 0. The summed E-state index contributed by atoms with van der Waals surface area (Å²) in [5.74, 6) is -4.62. The zero-order valence-electron chi connectivity index (χ0n) is 10.3. The minimum absolute atomic E-state index is 0.302. The number of anilines is 1. The van der Waals surface area contributed by atoms with Crippen LogP contribution in [0.1, 0.15) is 13.8 Å². The first-order chi connectivity index (χ1) is 8.36. The zero-order chi connectivity index (χ0) is 13.9. The van der Waals surface area contributed by atoms with Gasteiger partial charge < -0.3 is 10.2 Å². The van der Waals surface area contributed by atoms with Crippen LogP contribution >= 0.6 is 0 Å². The van der Waals surface area contributed by atoms with E-state index in [2.05, 4.69) is 10.3 Å². The van der Waals surface area contributed by atoms with Gasteiger partial charge in [-0.2, -0.15) is 9.37 Å². The second-order valence-electron chi connectivity index (χ2n) is 3.81. The van der Waals surface area contributed by atoms with E-state index >= 15 is 0 Å². The van der Waals surface area contributed by atoms with E-state index in [9.17, 15) is 18.0 Å². The Morgan fingerprint density at radius 3 is 2.61 bits per heavy atom. The number of nitrogens with one attached hydrogen (secondary N) is 1. The van der Waals surface area contributed by atoms with E-state index in [1.807, 2.05) is 0 Å². The average molecular weight is 261 g/mol. The number of hydrogen-bond acceptors (Lipinski definition) is 3. The molecule has 0 bridgehead atoms. The number of amides is 1. The summed E-state index contributed by atoms with van der Waals surface area (Å²) in [6, 6.07) is -0.410. The fraction of sp³-hybridized carbons (Fsp3) is 0.455. The van der Waals surface area contributed by atoms with Crippen molar-refractivity contribution in [1.29, 1.82) is 0 Å². The van der Waals surface area contributed by atoms with Crippen molar-refractivity contribution in [2.75, 3.05) is 18.9 Å². The number of carbonyl (C=O) groups is 1. The summed E-state index contributed by atoms with van der Waals surface area (Å²) < 4.78 is 38.8. The molecule has 0 spiro atoms. The van der Waals surface area contributed by atoms with E-state index in [1.165, 1.54) is 11.8 Å². The number of halogens is 3. The van der Waals surface area contributed by atoms with Crippen LogP contribution in [0.5, 0.6) is 0 Å². The van der Waals surface area contributed by atoms with Crippen LogP contribution in [0.25, 0.3) is 0 Å². The Kier molecular flexibility index (Phi) is 4.52. The molecule has 1 amide bonds. The fourth-order valence-corrected chi connectivity index (χ4v) is 1.30. The first-order valence-electron chi connectivity index (χ1n) is 5.39. The van der Waals surface area contributed by atoms with Crippen molar-refractivity contribution < 1.29 is 18.0 Å². The van der Waals surface area contributed by atoms with Gasteiger partial charge >= 0.3 is 0 Å². The van der Waals surface area contributed by atoms with Gasteiger partial charge in [0.2, 0.25) is 5.91 Å². The van der Waals surface area contributed by atoms with Crippen molar-refractivity contribution >= 4 is 11.7 Å². The molecule has 0 aliphatic rings. The molecule has 1 aromatic rings. The molecule has 18 heavy (non-hydrogen) atoms. The maximum atomic E-state index is 13.3. The lowest BCUT2D eigenvalue weighted by molar-refractivity contribution is -0.130. The van der Waals surface area contributed by atoms with Crippen LogP contribution in [0.4, 0.5) is 19.0 Å². The van der Waals surface area contributed by atoms with Gasteiger partial charge in [-0.25, -0.2) is 8.78 Å². The summed E-state index contributed by atoms with van der Waals surface area (Å²) in [4.78, 5) is 16.2. The SMILES string of the molecule is CCN(C)C(=O)C(C)Nc1nc(F)c(F)cc1F. The Hall–Kier alpha value is -1.79. The Morgan fingerprint density at radius 1 is 1.44 bits per heavy atom. The van der Waals surface area contributed by atoms with Crippen molar-refractivity contribution in [1.82, 2.24) is 9.88 Å². The Balaban J connectivity index is 2.85. The molecule has 0 aromatic carbocycles. The number of nitrogens with zero attached hydrogens (tertiary/aromatic N) is 2. The van der Waals surface area contributed by atoms with Gasteiger partial charge in [0.1, 0.15) is 6.04 Å².